The van der Waals surface area contributed by atoms with Crippen LogP contribution in [0.1, 0.15) is 36.9 Å². The molecule has 122 valence electrons. The fourth-order valence-corrected chi connectivity index (χ4v) is 3.15. The number of ether oxygens (including phenoxy) is 1. The molecule has 1 N–H and O–H groups in total. The second kappa shape index (κ2) is 7.29. The number of carbonyl (C=O) groups excluding carboxylic acids is 1. The number of hydrogen-bond donors (Lipinski definition) is 1. The van der Waals surface area contributed by atoms with Crippen molar-refractivity contribution in [2.24, 2.45) is 0 Å². The van der Waals surface area contributed by atoms with E-state index in [9.17, 15) is 4.79 Å². The van der Waals surface area contributed by atoms with Crippen LogP contribution < -0.4 is 5.32 Å². The van der Waals surface area contributed by atoms with Gasteiger partial charge >= 0.3 is 6.09 Å². The van der Waals surface area contributed by atoms with E-state index in [1.807, 2.05) is 32.1 Å². The van der Waals surface area contributed by atoms with Crippen molar-refractivity contribution >= 4 is 17.4 Å². The van der Waals surface area contributed by atoms with E-state index in [4.69, 9.17) is 4.74 Å². The first kappa shape index (κ1) is 17.0. The van der Waals surface area contributed by atoms with Crippen molar-refractivity contribution in [3.05, 3.63) is 33.5 Å². The molecule has 1 aliphatic rings. The van der Waals surface area contributed by atoms with E-state index in [-0.39, 0.29) is 6.09 Å². The summed E-state index contributed by atoms with van der Waals surface area (Å²) in [6.45, 7) is 11.0. The van der Waals surface area contributed by atoms with E-state index >= 15 is 0 Å². The van der Waals surface area contributed by atoms with Gasteiger partial charge in [-0.15, -0.1) is 11.3 Å². The Balaban J connectivity index is 1.73. The Morgan fingerprint density at radius 3 is 2.68 bits per heavy atom. The fourth-order valence-electron chi connectivity index (χ4n) is 2.29. The second-order valence-corrected chi connectivity index (χ2v) is 8.03. The first-order valence-corrected chi connectivity index (χ1v) is 8.57. The predicted octanol–water partition coefficient (Wildman–Crippen LogP) is 3.71. The molecule has 1 aliphatic heterocycles. The zero-order chi connectivity index (χ0) is 16.2. The Bertz CT molecular complexity index is 543. The van der Waals surface area contributed by atoms with Gasteiger partial charge in [-0.25, -0.2) is 4.79 Å². The first-order chi connectivity index (χ1) is 10.3. The molecule has 0 saturated heterocycles. The Morgan fingerprint density at radius 1 is 1.36 bits per heavy atom. The molecule has 0 saturated carbocycles. The summed E-state index contributed by atoms with van der Waals surface area (Å²) in [5.74, 6) is 0. The number of aryl methyl sites for hydroxylation is 1. The van der Waals surface area contributed by atoms with Crippen molar-refractivity contribution < 1.29 is 9.53 Å². The molecule has 1 aromatic heterocycles. The quantitative estimate of drug-likeness (QED) is 0.859. The molecular weight excluding hydrogens is 296 g/mol. The maximum absolute atomic E-state index is 12.0. The highest BCUT2D eigenvalue weighted by atomic mass is 32.1. The number of hydrogen-bond acceptors (Lipinski definition) is 4. The van der Waals surface area contributed by atoms with Crippen LogP contribution in [0.2, 0.25) is 0 Å². The van der Waals surface area contributed by atoms with E-state index in [2.05, 4.69) is 30.4 Å². The van der Waals surface area contributed by atoms with Crippen LogP contribution in [0.15, 0.2) is 23.8 Å². The van der Waals surface area contributed by atoms with Crippen molar-refractivity contribution in [3.63, 3.8) is 0 Å². The lowest BCUT2D eigenvalue weighted by atomic mass is 10.1. The Hall–Kier alpha value is -1.33. The third kappa shape index (κ3) is 5.46. The Kier molecular flexibility index (Phi) is 5.64. The number of nitrogens with one attached hydrogen (secondary N) is 1. The molecule has 0 aliphatic carbocycles. The summed E-state index contributed by atoms with van der Waals surface area (Å²) < 4.78 is 5.40. The molecule has 5 heteroatoms. The van der Waals surface area contributed by atoms with E-state index < -0.39 is 5.60 Å². The maximum atomic E-state index is 12.0. The minimum atomic E-state index is -0.429. The summed E-state index contributed by atoms with van der Waals surface area (Å²) in [6, 6.07) is 4.33. The van der Waals surface area contributed by atoms with Crippen molar-refractivity contribution in [3.8, 4) is 0 Å². The SMILES string of the molecule is Cc1ccc(CNCC2=CCN(C(=O)OC(C)(C)C)CC2)s1. The van der Waals surface area contributed by atoms with E-state index in [0.717, 1.165) is 26.1 Å². The van der Waals surface area contributed by atoms with Crippen LogP contribution in [0.5, 0.6) is 0 Å². The highest BCUT2D eigenvalue weighted by Crippen LogP contribution is 2.16. The summed E-state index contributed by atoms with van der Waals surface area (Å²) in [5, 5.41) is 3.47. The molecule has 0 atom stereocenters. The molecular formula is C17H26N2O2S. The molecule has 0 spiro atoms. The Labute approximate surface area is 137 Å². The molecule has 2 rings (SSSR count). The minimum Gasteiger partial charge on any atom is -0.444 e. The van der Waals surface area contributed by atoms with E-state index in [1.54, 1.807) is 4.90 Å². The zero-order valence-corrected chi connectivity index (χ0v) is 14.8. The average molecular weight is 322 g/mol. The summed E-state index contributed by atoms with van der Waals surface area (Å²) >= 11 is 1.83. The monoisotopic (exact) mass is 322 g/mol. The van der Waals surface area contributed by atoms with Crippen LogP contribution in [0, 0.1) is 6.92 Å². The van der Waals surface area contributed by atoms with Crippen LogP contribution >= 0.6 is 11.3 Å². The number of thiophene rings is 1. The van der Waals surface area contributed by atoms with E-state index in [0.29, 0.717) is 6.54 Å². The number of carbonyl (C=O) groups is 1. The topological polar surface area (TPSA) is 41.6 Å². The lowest BCUT2D eigenvalue weighted by Gasteiger charge is -2.29. The third-order valence-electron chi connectivity index (χ3n) is 3.40. The lowest BCUT2D eigenvalue weighted by molar-refractivity contribution is 0.0265. The lowest BCUT2D eigenvalue weighted by Crippen LogP contribution is -2.39. The van der Waals surface area contributed by atoms with Gasteiger partial charge in [0.2, 0.25) is 0 Å². The van der Waals surface area contributed by atoms with Crippen LogP contribution in [0.3, 0.4) is 0 Å². The molecule has 0 radical (unpaired) electrons. The van der Waals surface area contributed by atoms with Crippen molar-refractivity contribution in [1.29, 1.82) is 0 Å². The van der Waals surface area contributed by atoms with Gasteiger partial charge in [0.1, 0.15) is 5.60 Å². The average Bonchev–Trinajstić information content (AvgIpc) is 2.83. The molecule has 0 fully saturated rings. The molecule has 0 unspecified atom stereocenters. The number of amides is 1. The second-order valence-electron chi connectivity index (χ2n) is 6.65. The summed E-state index contributed by atoms with van der Waals surface area (Å²) in [4.78, 5) is 16.5. The van der Waals surface area contributed by atoms with Gasteiger partial charge in [0.05, 0.1) is 0 Å². The highest BCUT2D eigenvalue weighted by Gasteiger charge is 2.23. The van der Waals surface area contributed by atoms with Crippen LogP contribution in [0.25, 0.3) is 0 Å². The minimum absolute atomic E-state index is 0.218. The van der Waals surface area contributed by atoms with E-state index in [1.165, 1.54) is 15.3 Å². The molecule has 0 bridgehead atoms. The predicted molar refractivity (Wildman–Crippen MR) is 91.3 cm³/mol. The van der Waals surface area contributed by atoms with Crippen LogP contribution in [0.4, 0.5) is 4.79 Å². The van der Waals surface area contributed by atoms with Gasteiger partial charge in [0.15, 0.2) is 0 Å². The third-order valence-corrected chi connectivity index (χ3v) is 4.40. The van der Waals surface area contributed by atoms with Gasteiger partial charge in [0.25, 0.3) is 0 Å². The van der Waals surface area contributed by atoms with Crippen LogP contribution in [-0.4, -0.2) is 36.2 Å². The van der Waals surface area contributed by atoms with Crippen molar-refractivity contribution in [2.75, 3.05) is 19.6 Å². The summed E-state index contributed by atoms with van der Waals surface area (Å²) in [5.41, 5.74) is 0.940. The number of rotatable bonds is 4. The van der Waals surface area contributed by atoms with Crippen LogP contribution in [-0.2, 0) is 11.3 Å². The van der Waals surface area contributed by atoms with Gasteiger partial charge in [-0.1, -0.05) is 11.6 Å². The molecule has 4 nitrogen and oxygen atoms in total. The Morgan fingerprint density at radius 2 is 2.14 bits per heavy atom. The summed E-state index contributed by atoms with van der Waals surface area (Å²) in [6.07, 6.45) is 2.83. The standard InChI is InChI=1S/C17H26N2O2S/c1-13-5-6-15(22-13)12-18-11-14-7-9-19(10-8-14)16(20)21-17(2,3)4/h5-7,18H,8-12H2,1-4H3. The molecule has 0 aromatic carbocycles. The smallest absolute Gasteiger partial charge is 0.410 e. The zero-order valence-electron chi connectivity index (χ0n) is 13.9. The van der Waals surface area contributed by atoms with Gasteiger partial charge in [-0.3, -0.25) is 0 Å². The van der Waals surface area contributed by atoms with Gasteiger partial charge < -0.3 is 15.0 Å². The van der Waals surface area contributed by atoms with Crippen molar-refractivity contribution in [2.45, 2.75) is 46.3 Å². The first-order valence-electron chi connectivity index (χ1n) is 7.75. The van der Waals surface area contributed by atoms with Gasteiger partial charge in [-0.2, -0.15) is 0 Å². The normalized spacial score (nSPS) is 15.6. The molecule has 2 heterocycles. The maximum Gasteiger partial charge on any atom is 0.410 e. The fraction of sp³-hybridized carbons (Fsp3) is 0.588. The van der Waals surface area contributed by atoms with Gasteiger partial charge in [0, 0.05) is 35.9 Å². The van der Waals surface area contributed by atoms with Crippen molar-refractivity contribution in [1.82, 2.24) is 10.2 Å². The summed E-state index contributed by atoms with van der Waals surface area (Å²) in [7, 11) is 0. The molecule has 1 amide bonds. The number of nitrogens with zero attached hydrogens (tertiary/aromatic N) is 1. The van der Waals surface area contributed by atoms with Gasteiger partial charge in [-0.05, 0) is 46.2 Å². The molecule has 1 aromatic rings. The highest BCUT2D eigenvalue weighted by molar-refractivity contribution is 7.11. The molecule has 22 heavy (non-hydrogen) atoms. The largest absolute Gasteiger partial charge is 0.444 e.